The standard InChI is InChI=1S/C15H10ClN3O4/c16-10-3-1-9(2-4-10)13-7-11(19-23-13)8-22-15(21)12-5-6-14(20)18-17-12/h1-7,12H,8H2. The van der Waals surface area contributed by atoms with Crippen LogP contribution in [0.3, 0.4) is 0 Å². The van der Waals surface area contributed by atoms with Crippen molar-refractivity contribution in [2.75, 3.05) is 0 Å². The molecule has 2 aromatic rings. The minimum absolute atomic E-state index is 0.0657. The monoisotopic (exact) mass is 331 g/mol. The third-order valence-electron chi connectivity index (χ3n) is 2.99. The maximum absolute atomic E-state index is 11.8. The van der Waals surface area contributed by atoms with Crippen molar-refractivity contribution in [3.05, 3.63) is 53.2 Å². The topological polar surface area (TPSA) is 94.1 Å². The number of nitrogens with zero attached hydrogens (tertiary/aromatic N) is 3. The number of aromatic nitrogens is 1. The fraction of sp³-hybridized carbons (Fsp3) is 0.133. The molecule has 116 valence electrons. The summed E-state index contributed by atoms with van der Waals surface area (Å²) in [6, 6.07) is 7.82. The maximum atomic E-state index is 11.8. The molecule has 1 atom stereocenters. The average molecular weight is 332 g/mol. The van der Waals surface area contributed by atoms with E-state index in [9.17, 15) is 9.59 Å². The van der Waals surface area contributed by atoms with E-state index in [1.807, 2.05) is 0 Å². The number of hydrogen-bond donors (Lipinski definition) is 0. The Labute approximate surface area is 135 Å². The average Bonchev–Trinajstić information content (AvgIpc) is 3.03. The van der Waals surface area contributed by atoms with Gasteiger partial charge in [0.05, 0.1) is 0 Å². The Morgan fingerprint density at radius 1 is 1.30 bits per heavy atom. The quantitative estimate of drug-likeness (QED) is 0.803. The van der Waals surface area contributed by atoms with Crippen molar-refractivity contribution in [1.82, 2.24) is 5.16 Å². The Balaban J connectivity index is 1.60. The van der Waals surface area contributed by atoms with Crippen molar-refractivity contribution >= 4 is 23.5 Å². The van der Waals surface area contributed by atoms with Gasteiger partial charge in [0.2, 0.25) is 0 Å². The van der Waals surface area contributed by atoms with E-state index in [0.717, 1.165) is 5.56 Å². The molecule has 1 unspecified atom stereocenters. The lowest BCUT2D eigenvalue weighted by atomic mass is 10.2. The zero-order chi connectivity index (χ0) is 16.2. The van der Waals surface area contributed by atoms with Crippen LogP contribution in [0.2, 0.25) is 5.02 Å². The molecule has 1 aliphatic heterocycles. The van der Waals surface area contributed by atoms with E-state index >= 15 is 0 Å². The second-order valence-corrected chi connectivity index (χ2v) is 5.09. The van der Waals surface area contributed by atoms with Crippen molar-refractivity contribution in [1.29, 1.82) is 0 Å². The van der Waals surface area contributed by atoms with Crippen LogP contribution in [0.1, 0.15) is 5.69 Å². The number of carbonyl (C=O) groups is 2. The Morgan fingerprint density at radius 3 is 2.78 bits per heavy atom. The highest BCUT2D eigenvalue weighted by Gasteiger charge is 2.20. The molecule has 1 aromatic carbocycles. The third-order valence-corrected chi connectivity index (χ3v) is 3.25. The van der Waals surface area contributed by atoms with Gasteiger partial charge in [-0.25, -0.2) is 4.79 Å². The third kappa shape index (κ3) is 3.70. The second-order valence-electron chi connectivity index (χ2n) is 4.65. The van der Waals surface area contributed by atoms with Crippen LogP contribution in [0, 0.1) is 0 Å². The number of carbonyl (C=O) groups excluding carboxylic acids is 2. The van der Waals surface area contributed by atoms with Crippen molar-refractivity contribution in [3.8, 4) is 11.3 Å². The van der Waals surface area contributed by atoms with Gasteiger partial charge < -0.3 is 9.26 Å². The van der Waals surface area contributed by atoms with Gasteiger partial charge in [-0.15, -0.1) is 5.11 Å². The van der Waals surface area contributed by atoms with Gasteiger partial charge in [-0.3, -0.25) is 4.79 Å². The predicted molar refractivity (Wildman–Crippen MR) is 79.5 cm³/mol. The van der Waals surface area contributed by atoms with E-state index in [1.54, 1.807) is 30.3 Å². The Kier molecular flexibility index (Phi) is 4.29. The molecular weight excluding hydrogens is 322 g/mol. The first kappa shape index (κ1) is 15.1. The van der Waals surface area contributed by atoms with Crippen LogP contribution in [0.25, 0.3) is 11.3 Å². The van der Waals surface area contributed by atoms with Crippen molar-refractivity contribution in [3.63, 3.8) is 0 Å². The minimum atomic E-state index is -0.907. The first-order valence-electron chi connectivity index (χ1n) is 6.63. The fourth-order valence-electron chi connectivity index (χ4n) is 1.85. The van der Waals surface area contributed by atoms with E-state index < -0.39 is 17.9 Å². The zero-order valence-corrected chi connectivity index (χ0v) is 12.4. The van der Waals surface area contributed by atoms with Crippen LogP contribution in [0.15, 0.2) is 57.2 Å². The summed E-state index contributed by atoms with van der Waals surface area (Å²) in [5.74, 6) is -0.581. The normalized spacial score (nSPS) is 16.6. The van der Waals surface area contributed by atoms with E-state index in [0.29, 0.717) is 16.5 Å². The van der Waals surface area contributed by atoms with Crippen molar-refractivity contribution in [2.45, 2.75) is 12.6 Å². The van der Waals surface area contributed by atoms with Gasteiger partial charge >= 0.3 is 5.97 Å². The number of esters is 1. The largest absolute Gasteiger partial charge is 0.457 e. The minimum Gasteiger partial charge on any atom is -0.457 e. The molecule has 23 heavy (non-hydrogen) atoms. The highest BCUT2D eigenvalue weighted by molar-refractivity contribution is 6.30. The number of rotatable bonds is 4. The fourth-order valence-corrected chi connectivity index (χ4v) is 1.98. The van der Waals surface area contributed by atoms with Gasteiger partial charge in [-0.1, -0.05) is 16.8 Å². The van der Waals surface area contributed by atoms with E-state index in [-0.39, 0.29) is 6.61 Å². The Morgan fingerprint density at radius 2 is 2.09 bits per heavy atom. The summed E-state index contributed by atoms with van der Waals surface area (Å²) >= 11 is 5.82. The summed E-state index contributed by atoms with van der Waals surface area (Å²) in [6.45, 7) is -0.0657. The molecule has 2 heterocycles. The lowest BCUT2D eigenvalue weighted by Gasteiger charge is -2.07. The van der Waals surface area contributed by atoms with Crippen LogP contribution in [0.5, 0.6) is 0 Å². The number of benzene rings is 1. The van der Waals surface area contributed by atoms with Gasteiger partial charge in [0.15, 0.2) is 11.8 Å². The Hall–Kier alpha value is -2.80. The highest BCUT2D eigenvalue weighted by atomic mass is 35.5. The van der Waals surface area contributed by atoms with E-state index in [1.165, 1.54) is 12.2 Å². The molecule has 0 N–H and O–H groups in total. The van der Waals surface area contributed by atoms with Crippen LogP contribution >= 0.6 is 11.6 Å². The lowest BCUT2D eigenvalue weighted by Crippen LogP contribution is -2.21. The zero-order valence-electron chi connectivity index (χ0n) is 11.7. The molecule has 0 fully saturated rings. The van der Waals surface area contributed by atoms with Gasteiger partial charge in [0.25, 0.3) is 5.91 Å². The van der Waals surface area contributed by atoms with E-state index in [2.05, 4.69) is 15.4 Å². The molecule has 0 saturated heterocycles. The number of ether oxygens (including phenoxy) is 1. The summed E-state index contributed by atoms with van der Waals surface area (Å²) in [5.41, 5.74) is 1.26. The predicted octanol–water partition coefficient (Wildman–Crippen LogP) is 2.96. The van der Waals surface area contributed by atoms with Gasteiger partial charge in [0, 0.05) is 22.7 Å². The summed E-state index contributed by atoms with van der Waals surface area (Å²) in [5, 5.41) is 11.3. The number of amides is 1. The van der Waals surface area contributed by atoms with Crippen molar-refractivity contribution < 1.29 is 18.8 Å². The highest BCUT2D eigenvalue weighted by Crippen LogP contribution is 2.22. The molecule has 0 radical (unpaired) electrons. The molecule has 8 heteroatoms. The molecular formula is C15H10ClN3O4. The number of azo groups is 1. The second kappa shape index (κ2) is 6.53. The number of hydrogen-bond acceptors (Lipinski definition) is 6. The molecule has 1 aromatic heterocycles. The first-order chi connectivity index (χ1) is 11.1. The summed E-state index contributed by atoms with van der Waals surface area (Å²) in [4.78, 5) is 22.6. The molecule has 1 amide bonds. The maximum Gasteiger partial charge on any atom is 0.337 e. The van der Waals surface area contributed by atoms with Crippen LogP contribution in [0.4, 0.5) is 0 Å². The molecule has 7 nitrogen and oxygen atoms in total. The van der Waals surface area contributed by atoms with Crippen LogP contribution < -0.4 is 0 Å². The SMILES string of the molecule is O=C1C=CC(C(=O)OCc2cc(-c3ccc(Cl)cc3)on2)N=N1. The smallest absolute Gasteiger partial charge is 0.337 e. The summed E-state index contributed by atoms with van der Waals surface area (Å²) in [6.07, 6.45) is 2.51. The molecule has 0 spiro atoms. The van der Waals surface area contributed by atoms with Crippen LogP contribution in [-0.4, -0.2) is 23.1 Å². The molecule has 1 aliphatic rings. The van der Waals surface area contributed by atoms with E-state index in [4.69, 9.17) is 20.9 Å². The van der Waals surface area contributed by atoms with Gasteiger partial charge in [0.1, 0.15) is 12.3 Å². The van der Waals surface area contributed by atoms with Crippen molar-refractivity contribution in [2.24, 2.45) is 10.2 Å². The number of halogens is 1. The molecule has 3 rings (SSSR count). The summed E-state index contributed by atoms with van der Waals surface area (Å²) < 4.78 is 10.3. The van der Waals surface area contributed by atoms with Crippen LogP contribution in [-0.2, 0) is 20.9 Å². The summed E-state index contributed by atoms with van der Waals surface area (Å²) in [7, 11) is 0. The molecule has 0 aliphatic carbocycles. The molecule has 0 bridgehead atoms. The van der Waals surface area contributed by atoms with Gasteiger partial charge in [-0.05, 0) is 30.3 Å². The lowest BCUT2D eigenvalue weighted by molar-refractivity contribution is -0.145. The molecule has 0 saturated carbocycles. The Bertz CT molecular complexity index is 779. The first-order valence-corrected chi connectivity index (χ1v) is 7.01. The van der Waals surface area contributed by atoms with Gasteiger partial charge in [-0.2, -0.15) is 5.11 Å².